The van der Waals surface area contributed by atoms with Crippen molar-refractivity contribution in [1.82, 2.24) is 0 Å². The molecule has 3 heteroatoms. The molecule has 0 spiro atoms. The quantitative estimate of drug-likeness (QED) is 0.282. The number of hydrogen-bond donors (Lipinski definition) is 0. The molecule has 0 atom stereocenters. The van der Waals surface area contributed by atoms with E-state index in [-0.39, 0.29) is 5.78 Å². The van der Waals surface area contributed by atoms with Gasteiger partial charge in [-0.2, -0.15) is 0 Å². The Morgan fingerprint density at radius 1 is 1.24 bits per heavy atom. The highest BCUT2D eigenvalue weighted by Gasteiger charge is 2.15. The molecular formula is C14H22O3. The maximum atomic E-state index is 11.7. The number of Topliss-reactive ketones (excluding diaryl/α,β-unsaturated/α-hetero) is 1. The van der Waals surface area contributed by atoms with Crippen molar-refractivity contribution in [3.63, 3.8) is 0 Å². The van der Waals surface area contributed by atoms with Gasteiger partial charge < -0.3 is 4.74 Å². The third-order valence-corrected chi connectivity index (χ3v) is 2.42. The van der Waals surface area contributed by atoms with Crippen LogP contribution in [0.25, 0.3) is 0 Å². The van der Waals surface area contributed by atoms with Crippen molar-refractivity contribution < 1.29 is 14.3 Å². The zero-order chi connectivity index (χ0) is 13.3. The molecule has 0 N–H and O–H groups in total. The van der Waals surface area contributed by atoms with Gasteiger partial charge in [0.1, 0.15) is 0 Å². The Morgan fingerprint density at radius 2 is 1.88 bits per heavy atom. The maximum absolute atomic E-state index is 11.7. The van der Waals surface area contributed by atoms with Crippen molar-refractivity contribution in [2.75, 3.05) is 6.61 Å². The Balaban J connectivity index is 4.66. The van der Waals surface area contributed by atoms with Crippen LogP contribution >= 0.6 is 0 Å². The van der Waals surface area contributed by atoms with E-state index in [1.165, 1.54) is 6.08 Å². The van der Waals surface area contributed by atoms with Gasteiger partial charge in [0.05, 0.1) is 6.61 Å². The van der Waals surface area contributed by atoms with Crippen LogP contribution in [0.3, 0.4) is 0 Å². The standard InChI is InChI=1S/C14H22O3/c1-5-8-10-17-14(16)11(4)12(7-3)13(15)9-6-2/h7H,3,5-6,8-10H2,1-2,4H3. The SMILES string of the molecule is C=CC(C(=O)CCC)=C(C)C(=O)OCCCC. The molecule has 0 aliphatic rings. The summed E-state index contributed by atoms with van der Waals surface area (Å²) in [4.78, 5) is 23.4. The van der Waals surface area contributed by atoms with Crippen molar-refractivity contribution in [3.05, 3.63) is 23.8 Å². The predicted molar refractivity (Wildman–Crippen MR) is 68.7 cm³/mol. The minimum atomic E-state index is -0.419. The number of unbranched alkanes of at least 4 members (excludes halogenated alkanes) is 1. The van der Waals surface area contributed by atoms with E-state index in [4.69, 9.17) is 4.74 Å². The fourth-order valence-corrected chi connectivity index (χ4v) is 1.37. The zero-order valence-corrected chi connectivity index (χ0v) is 11.0. The average Bonchev–Trinajstić information content (AvgIpc) is 2.30. The molecule has 0 aromatic carbocycles. The summed E-state index contributed by atoms with van der Waals surface area (Å²) in [6.07, 6.45) is 4.44. The van der Waals surface area contributed by atoms with Crippen molar-refractivity contribution in [1.29, 1.82) is 0 Å². The van der Waals surface area contributed by atoms with Crippen molar-refractivity contribution in [3.8, 4) is 0 Å². The van der Waals surface area contributed by atoms with E-state index >= 15 is 0 Å². The van der Waals surface area contributed by atoms with Gasteiger partial charge in [0.25, 0.3) is 0 Å². The largest absolute Gasteiger partial charge is 0.462 e. The number of carbonyl (C=O) groups excluding carboxylic acids is 2. The van der Waals surface area contributed by atoms with Gasteiger partial charge in [-0.05, 0) is 19.8 Å². The summed E-state index contributed by atoms with van der Waals surface area (Å²) in [7, 11) is 0. The van der Waals surface area contributed by atoms with Gasteiger partial charge in [0, 0.05) is 17.6 Å². The fourth-order valence-electron chi connectivity index (χ4n) is 1.37. The third-order valence-electron chi connectivity index (χ3n) is 2.42. The van der Waals surface area contributed by atoms with Crippen molar-refractivity contribution in [2.24, 2.45) is 0 Å². The van der Waals surface area contributed by atoms with Gasteiger partial charge in [0.2, 0.25) is 0 Å². The molecule has 0 aliphatic heterocycles. The Bertz CT molecular complexity index is 313. The molecule has 17 heavy (non-hydrogen) atoms. The first kappa shape index (κ1) is 15.6. The monoisotopic (exact) mass is 238 g/mol. The second-order valence-electron chi connectivity index (χ2n) is 3.91. The minimum absolute atomic E-state index is 0.0487. The van der Waals surface area contributed by atoms with E-state index in [0.717, 1.165) is 19.3 Å². The molecule has 0 bridgehead atoms. The lowest BCUT2D eigenvalue weighted by molar-refractivity contribution is -0.139. The maximum Gasteiger partial charge on any atom is 0.334 e. The molecule has 3 nitrogen and oxygen atoms in total. The molecule has 0 fully saturated rings. The number of allylic oxidation sites excluding steroid dienone is 2. The summed E-state index contributed by atoms with van der Waals surface area (Å²) in [5.41, 5.74) is 0.739. The van der Waals surface area contributed by atoms with Gasteiger partial charge in [-0.15, -0.1) is 0 Å². The molecule has 0 unspecified atom stereocenters. The van der Waals surface area contributed by atoms with Crippen LogP contribution < -0.4 is 0 Å². The summed E-state index contributed by atoms with van der Waals surface area (Å²) >= 11 is 0. The molecule has 0 aliphatic carbocycles. The smallest absolute Gasteiger partial charge is 0.334 e. The summed E-state index contributed by atoms with van der Waals surface area (Å²) < 4.78 is 5.06. The van der Waals surface area contributed by atoms with Crippen LogP contribution in [0.1, 0.15) is 46.5 Å². The van der Waals surface area contributed by atoms with Gasteiger partial charge >= 0.3 is 5.97 Å². The van der Waals surface area contributed by atoms with Crippen LogP contribution in [-0.4, -0.2) is 18.4 Å². The first-order chi connectivity index (χ1) is 8.08. The highest BCUT2D eigenvalue weighted by Crippen LogP contribution is 2.12. The van der Waals surface area contributed by atoms with E-state index < -0.39 is 5.97 Å². The number of hydrogen-bond acceptors (Lipinski definition) is 3. The van der Waals surface area contributed by atoms with Gasteiger partial charge in [-0.1, -0.05) is 32.9 Å². The second kappa shape index (κ2) is 8.74. The number of carbonyl (C=O) groups is 2. The summed E-state index contributed by atoms with van der Waals surface area (Å²) in [5.74, 6) is -0.467. The molecule has 0 saturated carbocycles. The Kier molecular flexibility index (Phi) is 8.03. The number of esters is 1. The summed E-state index contributed by atoms with van der Waals surface area (Å²) in [6, 6.07) is 0. The van der Waals surface area contributed by atoms with Crippen LogP contribution in [0.5, 0.6) is 0 Å². The lowest BCUT2D eigenvalue weighted by atomic mass is 10.0. The van der Waals surface area contributed by atoms with Gasteiger partial charge in [-0.25, -0.2) is 4.79 Å². The lowest BCUT2D eigenvalue weighted by Gasteiger charge is -2.07. The van der Waals surface area contributed by atoms with Gasteiger partial charge in [0.15, 0.2) is 5.78 Å². The minimum Gasteiger partial charge on any atom is -0.462 e. The Labute approximate surface area is 104 Å². The molecule has 0 rings (SSSR count). The van der Waals surface area contributed by atoms with E-state index in [1.54, 1.807) is 6.92 Å². The third kappa shape index (κ3) is 5.48. The molecule has 0 radical (unpaired) electrons. The molecule has 0 aromatic rings. The average molecular weight is 238 g/mol. The van der Waals surface area contributed by atoms with Gasteiger partial charge in [-0.3, -0.25) is 4.79 Å². The second-order valence-corrected chi connectivity index (χ2v) is 3.91. The van der Waals surface area contributed by atoms with Crippen LogP contribution in [-0.2, 0) is 14.3 Å². The fraction of sp³-hybridized carbons (Fsp3) is 0.571. The van der Waals surface area contributed by atoms with Crippen LogP contribution in [0, 0.1) is 0 Å². The number of rotatable bonds is 8. The summed E-state index contributed by atoms with van der Waals surface area (Å²) in [5, 5.41) is 0. The van der Waals surface area contributed by atoms with Crippen LogP contribution in [0.4, 0.5) is 0 Å². The van der Waals surface area contributed by atoms with E-state index in [9.17, 15) is 9.59 Å². The van der Waals surface area contributed by atoms with Crippen LogP contribution in [0.15, 0.2) is 23.8 Å². The highest BCUT2D eigenvalue weighted by molar-refractivity contribution is 6.05. The Hall–Kier alpha value is -1.38. The highest BCUT2D eigenvalue weighted by atomic mass is 16.5. The number of ether oxygens (including phenoxy) is 1. The lowest BCUT2D eigenvalue weighted by Crippen LogP contribution is -2.12. The Morgan fingerprint density at radius 3 is 2.35 bits per heavy atom. The van der Waals surface area contributed by atoms with E-state index in [2.05, 4.69) is 6.58 Å². The van der Waals surface area contributed by atoms with Crippen molar-refractivity contribution in [2.45, 2.75) is 46.5 Å². The zero-order valence-electron chi connectivity index (χ0n) is 11.0. The molecule has 0 saturated heterocycles. The molecular weight excluding hydrogens is 216 g/mol. The predicted octanol–water partition coefficient (Wildman–Crippen LogP) is 3.20. The molecule has 0 amide bonds. The van der Waals surface area contributed by atoms with E-state index in [1.807, 2.05) is 13.8 Å². The first-order valence-corrected chi connectivity index (χ1v) is 6.12. The van der Waals surface area contributed by atoms with Crippen molar-refractivity contribution >= 4 is 11.8 Å². The number of ketones is 1. The first-order valence-electron chi connectivity index (χ1n) is 6.12. The van der Waals surface area contributed by atoms with Crippen LogP contribution in [0.2, 0.25) is 0 Å². The summed E-state index contributed by atoms with van der Waals surface area (Å²) in [6.45, 7) is 9.54. The topological polar surface area (TPSA) is 43.4 Å². The molecule has 0 aromatic heterocycles. The molecule has 96 valence electrons. The normalized spacial score (nSPS) is 11.7. The van der Waals surface area contributed by atoms with E-state index in [0.29, 0.717) is 24.2 Å². The molecule has 0 heterocycles.